The molecule has 5 aliphatic carbocycles. The fourth-order valence-corrected chi connectivity index (χ4v) is 14.0. The molecule has 0 unspecified atom stereocenters. The summed E-state index contributed by atoms with van der Waals surface area (Å²) in [7, 11) is 0.372. The van der Waals surface area contributed by atoms with Crippen molar-refractivity contribution in [2.45, 2.75) is 173 Å². The summed E-state index contributed by atoms with van der Waals surface area (Å²) in [5.74, 6) is 1.37. The molecule has 0 N–H and O–H groups in total. The van der Waals surface area contributed by atoms with Crippen LogP contribution < -0.4 is 0 Å². The average molecular weight is 542 g/mol. The van der Waals surface area contributed by atoms with Crippen molar-refractivity contribution in [1.29, 1.82) is 0 Å². The van der Waals surface area contributed by atoms with Gasteiger partial charge in [-0.3, -0.25) is 4.79 Å². The molecule has 5 fully saturated rings. The molecule has 5 rings (SSSR count). The maximum absolute atomic E-state index is 13.9. The topological polar surface area (TPSA) is 17.1 Å². The van der Waals surface area contributed by atoms with E-state index in [-0.39, 0.29) is 0 Å². The normalized spacial score (nSPS) is 42.1. The van der Waals surface area contributed by atoms with E-state index in [1.165, 1.54) is 57.8 Å². The van der Waals surface area contributed by atoms with Gasteiger partial charge in [0.25, 0.3) is 0 Å². The first-order valence-corrected chi connectivity index (χ1v) is 18.1. The van der Waals surface area contributed by atoms with Crippen molar-refractivity contribution >= 4 is 28.4 Å². The van der Waals surface area contributed by atoms with Crippen LogP contribution >= 0.6 is 11.8 Å². The Hall–Kier alpha value is 0.230. The lowest BCUT2D eigenvalue weighted by Crippen LogP contribution is -2.45. The Labute approximate surface area is 226 Å². The maximum atomic E-state index is 13.9. The molecule has 0 radical (unpaired) electrons. The smallest absolute Gasteiger partial charge is 0.139 e. The number of rotatable bonds is 7. The Bertz CT molecular complexity index is 644. The van der Waals surface area contributed by atoms with Gasteiger partial charge in [0.15, 0.2) is 0 Å². The number of Topliss-reactive ketones (excluding diaryl/α,β-unsaturated/α-hetero) is 1. The zero-order valence-corrected chi connectivity index (χ0v) is 24.2. The van der Waals surface area contributed by atoms with Crippen molar-refractivity contribution in [3.8, 4) is 0 Å². The van der Waals surface area contributed by atoms with Gasteiger partial charge >= 0.3 is 0 Å². The highest BCUT2D eigenvalue weighted by atomic mass is 32.2. The van der Waals surface area contributed by atoms with Crippen molar-refractivity contribution in [2.24, 2.45) is 11.8 Å². The van der Waals surface area contributed by atoms with Gasteiger partial charge in [0.2, 0.25) is 0 Å². The molecule has 0 aromatic rings. The van der Waals surface area contributed by atoms with Gasteiger partial charge < -0.3 is 0 Å². The summed E-state index contributed by atoms with van der Waals surface area (Å²) < 4.78 is 27.9. The lowest BCUT2D eigenvalue weighted by atomic mass is 9.76. The van der Waals surface area contributed by atoms with Gasteiger partial charge in [-0.05, 0) is 126 Å². The van der Waals surface area contributed by atoms with E-state index in [4.69, 9.17) is 0 Å². The quantitative estimate of drug-likeness (QED) is 0.299. The highest BCUT2D eigenvalue weighted by Crippen LogP contribution is 2.45. The standard InChI is InChI=1S/C31H51F2OS2/c32-24-8-16-28(17-9-24)36(29-18-10-25(33)11-19-29)30-20-14-27(15-21-30)35-26-12-6-23(7-13-26)31(34)22-4-2-1-3-5-22/h22-30H,1-21H2/q+1. The van der Waals surface area contributed by atoms with E-state index in [1.54, 1.807) is 0 Å². The highest BCUT2D eigenvalue weighted by Gasteiger charge is 2.48. The molecular formula is C31H51F2OS2+. The minimum absolute atomic E-state index is 0.362. The number of alkyl halides is 2. The zero-order valence-electron chi connectivity index (χ0n) is 22.5. The Morgan fingerprint density at radius 1 is 0.500 bits per heavy atom. The number of ketones is 1. The largest absolute Gasteiger partial charge is 0.299 e. The molecule has 0 bridgehead atoms. The van der Waals surface area contributed by atoms with Crippen molar-refractivity contribution in [1.82, 2.24) is 0 Å². The van der Waals surface area contributed by atoms with Crippen LogP contribution in [0, 0.1) is 11.8 Å². The third-order valence-electron chi connectivity index (χ3n) is 10.5. The first kappa shape index (κ1) is 27.8. The van der Waals surface area contributed by atoms with Crippen LogP contribution in [0.3, 0.4) is 0 Å². The fourth-order valence-electron chi connectivity index (χ4n) is 8.32. The van der Waals surface area contributed by atoms with Crippen molar-refractivity contribution in [3.05, 3.63) is 0 Å². The molecule has 36 heavy (non-hydrogen) atoms. The fraction of sp³-hybridized carbons (Fsp3) is 0.968. The number of carbonyl (C=O) groups excluding carboxylic acids is 1. The molecule has 206 valence electrons. The molecule has 0 atom stereocenters. The van der Waals surface area contributed by atoms with Gasteiger partial charge in [-0.1, -0.05) is 19.3 Å². The lowest BCUT2D eigenvalue weighted by molar-refractivity contribution is -0.128. The average Bonchev–Trinajstić information content (AvgIpc) is 2.92. The molecule has 5 saturated carbocycles. The molecular weight excluding hydrogens is 490 g/mol. The molecule has 0 amide bonds. The van der Waals surface area contributed by atoms with Crippen molar-refractivity contribution in [2.75, 3.05) is 0 Å². The Kier molecular flexibility index (Phi) is 10.4. The second-order valence-corrected chi connectivity index (χ2v) is 17.3. The molecule has 5 aliphatic rings. The van der Waals surface area contributed by atoms with E-state index in [0.29, 0.717) is 39.0 Å². The van der Waals surface area contributed by atoms with Crippen LogP contribution in [0.2, 0.25) is 0 Å². The van der Waals surface area contributed by atoms with Crippen molar-refractivity contribution < 1.29 is 13.6 Å². The predicted octanol–water partition coefficient (Wildman–Crippen LogP) is 8.92. The molecule has 0 saturated heterocycles. The maximum Gasteiger partial charge on any atom is 0.139 e. The SMILES string of the molecule is O=C(C1CCCCC1)C1CCC(SC2CCC([S+](C3CCC(F)CC3)C3CCC(F)CC3)CC2)CC1. The van der Waals surface area contributed by atoms with E-state index in [9.17, 15) is 13.6 Å². The van der Waals surface area contributed by atoms with Crippen LogP contribution in [0.15, 0.2) is 0 Å². The molecule has 0 spiro atoms. The molecule has 0 aromatic heterocycles. The molecule has 0 aliphatic heterocycles. The van der Waals surface area contributed by atoms with Gasteiger partial charge in [-0.15, -0.1) is 0 Å². The Morgan fingerprint density at radius 2 is 0.889 bits per heavy atom. The summed E-state index contributed by atoms with van der Waals surface area (Å²) in [6, 6.07) is 0. The third-order valence-corrected chi connectivity index (χ3v) is 15.9. The Balaban J connectivity index is 1.08. The number of carbonyl (C=O) groups is 1. The number of hydrogen-bond donors (Lipinski definition) is 0. The molecule has 1 nitrogen and oxygen atoms in total. The third kappa shape index (κ3) is 7.24. The van der Waals surface area contributed by atoms with Crippen LogP contribution in [-0.2, 0) is 15.7 Å². The van der Waals surface area contributed by atoms with E-state index in [2.05, 4.69) is 11.8 Å². The first-order valence-electron chi connectivity index (χ1n) is 15.7. The van der Waals surface area contributed by atoms with E-state index < -0.39 is 12.3 Å². The highest BCUT2D eigenvalue weighted by molar-refractivity contribution is 8.00. The second kappa shape index (κ2) is 13.5. The number of thioether (sulfide) groups is 1. The van der Waals surface area contributed by atoms with E-state index in [1.807, 2.05) is 0 Å². The molecule has 5 heteroatoms. The number of hydrogen-bond acceptors (Lipinski definition) is 2. The summed E-state index contributed by atoms with van der Waals surface area (Å²) in [5, 5.41) is 3.80. The zero-order chi connectivity index (χ0) is 24.9. The number of halogens is 2. The lowest BCUT2D eigenvalue weighted by Gasteiger charge is -2.39. The summed E-state index contributed by atoms with van der Waals surface area (Å²) in [4.78, 5) is 13.0. The van der Waals surface area contributed by atoms with E-state index >= 15 is 0 Å². The minimum Gasteiger partial charge on any atom is -0.299 e. The van der Waals surface area contributed by atoms with Crippen LogP contribution in [-0.4, -0.2) is 44.4 Å². The summed E-state index contributed by atoms with van der Waals surface area (Å²) in [5.41, 5.74) is 0. The van der Waals surface area contributed by atoms with Gasteiger partial charge in [0, 0.05) is 22.3 Å². The van der Waals surface area contributed by atoms with Gasteiger partial charge in [0.05, 0.1) is 0 Å². The summed E-state index contributed by atoms with van der Waals surface area (Å²) >= 11 is 2.27. The second-order valence-electron chi connectivity index (χ2n) is 12.9. The monoisotopic (exact) mass is 541 g/mol. The summed E-state index contributed by atoms with van der Waals surface area (Å²) in [6.07, 6.45) is 22.6. The van der Waals surface area contributed by atoms with Gasteiger partial charge in [-0.25, -0.2) is 8.78 Å². The minimum atomic E-state index is -0.575. The van der Waals surface area contributed by atoms with Crippen LogP contribution in [0.1, 0.15) is 135 Å². The van der Waals surface area contributed by atoms with Gasteiger partial charge in [-0.2, -0.15) is 11.8 Å². The molecule has 0 heterocycles. The van der Waals surface area contributed by atoms with Crippen LogP contribution in [0.5, 0.6) is 0 Å². The van der Waals surface area contributed by atoms with Crippen LogP contribution in [0.4, 0.5) is 8.78 Å². The predicted molar refractivity (Wildman–Crippen MR) is 153 cm³/mol. The van der Waals surface area contributed by atoms with E-state index in [0.717, 1.165) is 92.8 Å². The van der Waals surface area contributed by atoms with Gasteiger partial charge in [0.1, 0.15) is 33.9 Å². The molecule has 0 aromatic carbocycles. The van der Waals surface area contributed by atoms with Crippen molar-refractivity contribution in [3.63, 3.8) is 0 Å². The summed E-state index contributed by atoms with van der Waals surface area (Å²) in [6.45, 7) is 0. The Morgan fingerprint density at radius 3 is 1.36 bits per heavy atom. The van der Waals surface area contributed by atoms with Crippen LogP contribution in [0.25, 0.3) is 0 Å². The first-order chi connectivity index (χ1) is 17.6.